The lowest BCUT2D eigenvalue weighted by molar-refractivity contribution is -0.125. The summed E-state index contributed by atoms with van der Waals surface area (Å²) < 4.78 is 10.9. The summed E-state index contributed by atoms with van der Waals surface area (Å²) in [7, 11) is 0. The molecule has 1 saturated carbocycles. The molecule has 1 aliphatic carbocycles. The molecule has 1 heterocycles. The Labute approximate surface area is 108 Å². The lowest BCUT2D eigenvalue weighted by Gasteiger charge is -2.22. The first-order valence-corrected chi connectivity index (χ1v) is 7.00. The van der Waals surface area contributed by atoms with Crippen molar-refractivity contribution in [3.63, 3.8) is 0 Å². The Morgan fingerprint density at radius 2 is 2.06 bits per heavy atom. The number of hydrogen-bond acceptors (Lipinski definition) is 4. The van der Waals surface area contributed by atoms with Crippen LogP contribution in [-0.4, -0.2) is 44.4 Å². The maximum Gasteiger partial charge on any atom is 0.227 e. The van der Waals surface area contributed by atoms with Crippen molar-refractivity contribution < 1.29 is 14.3 Å². The Bertz CT molecular complexity index is 267. The standard InChI is InChI=1S/C13H24N2O3/c14-12-9-17-8-11(12)13(16)15-6-7-18-10-4-2-1-3-5-10/h10-12H,1-9,14H2,(H,15,16). The molecular formula is C13H24N2O3. The molecule has 0 spiro atoms. The second-order valence-corrected chi connectivity index (χ2v) is 5.23. The Morgan fingerprint density at radius 3 is 2.72 bits per heavy atom. The first-order valence-electron chi connectivity index (χ1n) is 7.00. The van der Waals surface area contributed by atoms with Crippen molar-refractivity contribution in [3.05, 3.63) is 0 Å². The Morgan fingerprint density at radius 1 is 1.28 bits per heavy atom. The van der Waals surface area contributed by atoms with Crippen molar-refractivity contribution in [3.8, 4) is 0 Å². The van der Waals surface area contributed by atoms with E-state index in [0.29, 0.717) is 32.5 Å². The molecular weight excluding hydrogens is 232 g/mol. The van der Waals surface area contributed by atoms with Crippen LogP contribution in [0.2, 0.25) is 0 Å². The Kier molecular flexibility index (Phi) is 5.41. The highest BCUT2D eigenvalue weighted by atomic mass is 16.5. The summed E-state index contributed by atoms with van der Waals surface area (Å²) >= 11 is 0. The SMILES string of the molecule is NC1COCC1C(=O)NCCOC1CCCCC1. The van der Waals surface area contributed by atoms with Crippen LogP contribution in [0.3, 0.4) is 0 Å². The third kappa shape index (κ3) is 3.93. The zero-order valence-corrected chi connectivity index (χ0v) is 10.9. The number of hydrogen-bond donors (Lipinski definition) is 2. The monoisotopic (exact) mass is 256 g/mol. The van der Waals surface area contributed by atoms with Crippen LogP contribution in [0.25, 0.3) is 0 Å². The van der Waals surface area contributed by atoms with Gasteiger partial charge in [0.05, 0.1) is 31.8 Å². The van der Waals surface area contributed by atoms with E-state index in [-0.39, 0.29) is 17.9 Å². The molecule has 3 N–H and O–H groups in total. The van der Waals surface area contributed by atoms with Gasteiger partial charge in [0, 0.05) is 12.6 Å². The summed E-state index contributed by atoms with van der Waals surface area (Å²) in [5.74, 6) is -0.202. The van der Waals surface area contributed by atoms with E-state index in [0.717, 1.165) is 12.8 Å². The zero-order chi connectivity index (χ0) is 12.8. The quantitative estimate of drug-likeness (QED) is 0.699. The number of rotatable bonds is 5. The molecule has 0 aromatic carbocycles. The van der Waals surface area contributed by atoms with Gasteiger partial charge in [-0.1, -0.05) is 19.3 Å². The van der Waals surface area contributed by atoms with Crippen molar-refractivity contribution in [1.82, 2.24) is 5.32 Å². The van der Waals surface area contributed by atoms with Gasteiger partial charge in [-0.3, -0.25) is 4.79 Å². The molecule has 5 heteroatoms. The normalized spacial score (nSPS) is 29.4. The highest BCUT2D eigenvalue weighted by molar-refractivity contribution is 5.79. The van der Waals surface area contributed by atoms with E-state index in [9.17, 15) is 4.79 Å². The van der Waals surface area contributed by atoms with Crippen LogP contribution in [0.15, 0.2) is 0 Å². The number of amides is 1. The zero-order valence-electron chi connectivity index (χ0n) is 10.9. The second kappa shape index (κ2) is 7.07. The van der Waals surface area contributed by atoms with E-state index in [1.54, 1.807) is 0 Å². The maximum absolute atomic E-state index is 11.8. The van der Waals surface area contributed by atoms with Gasteiger partial charge in [0.1, 0.15) is 0 Å². The van der Waals surface area contributed by atoms with Crippen LogP contribution in [0, 0.1) is 5.92 Å². The first-order chi connectivity index (χ1) is 8.77. The summed E-state index contributed by atoms with van der Waals surface area (Å²) in [4.78, 5) is 11.8. The molecule has 5 nitrogen and oxygen atoms in total. The third-order valence-electron chi connectivity index (χ3n) is 3.77. The minimum atomic E-state index is -0.195. The summed E-state index contributed by atoms with van der Waals surface area (Å²) in [6.45, 7) is 2.09. The highest BCUT2D eigenvalue weighted by Crippen LogP contribution is 2.19. The fourth-order valence-corrected chi connectivity index (χ4v) is 2.60. The molecule has 0 aromatic heterocycles. The minimum Gasteiger partial charge on any atom is -0.379 e. The van der Waals surface area contributed by atoms with Gasteiger partial charge in [-0.15, -0.1) is 0 Å². The maximum atomic E-state index is 11.8. The fraction of sp³-hybridized carbons (Fsp3) is 0.923. The minimum absolute atomic E-state index is 0.00718. The van der Waals surface area contributed by atoms with Crippen LogP contribution >= 0.6 is 0 Å². The van der Waals surface area contributed by atoms with Crippen LogP contribution in [0.1, 0.15) is 32.1 Å². The largest absolute Gasteiger partial charge is 0.379 e. The van der Waals surface area contributed by atoms with Crippen molar-refractivity contribution in [2.45, 2.75) is 44.2 Å². The topological polar surface area (TPSA) is 73.6 Å². The third-order valence-corrected chi connectivity index (χ3v) is 3.77. The molecule has 2 unspecified atom stereocenters. The Hall–Kier alpha value is -0.650. The lowest BCUT2D eigenvalue weighted by atomic mass is 9.98. The number of carbonyl (C=O) groups is 1. The summed E-state index contributed by atoms with van der Waals surface area (Å²) in [6.07, 6.45) is 6.59. The van der Waals surface area contributed by atoms with Gasteiger partial charge in [0.25, 0.3) is 0 Å². The predicted octanol–water partition coefficient (Wildman–Crippen LogP) is 0.426. The molecule has 104 valence electrons. The van der Waals surface area contributed by atoms with Gasteiger partial charge in [-0.25, -0.2) is 0 Å². The molecule has 0 aromatic rings. The Balaban J connectivity index is 1.56. The summed E-state index contributed by atoms with van der Waals surface area (Å²) in [5.41, 5.74) is 5.78. The average molecular weight is 256 g/mol. The van der Waals surface area contributed by atoms with E-state index in [1.807, 2.05) is 0 Å². The van der Waals surface area contributed by atoms with E-state index in [2.05, 4.69) is 5.32 Å². The van der Waals surface area contributed by atoms with Gasteiger partial charge in [0.2, 0.25) is 5.91 Å². The van der Waals surface area contributed by atoms with E-state index in [1.165, 1.54) is 19.3 Å². The summed E-state index contributed by atoms with van der Waals surface area (Å²) in [6, 6.07) is -0.163. The smallest absolute Gasteiger partial charge is 0.227 e. The number of nitrogens with one attached hydrogen (secondary N) is 1. The van der Waals surface area contributed by atoms with Gasteiger partial charge in [0.15, 0.2) is 0 Å². The van der Waals surface area contributed by atoms with Crippen LogP contribution in [0.4, 0.5) is 0 Å². The number of nitrogens with two attached hydrogens (primary N) is 1. The van der Waals surface area contributed by atoms with Crippen molar-refractivity contribution >= 4 is 5.91 Å². The van der Waals surface area contributed by atoms with Crippen molar-refractivity contribution in [2.75, 3.05) is 26.4 Å². The van der Waals surface area contributed by atoms with Crippen LogP contribution in [0.5, 0.6) is 0 Å². The van der Waals surface area contributed by atoms with Crippen molar-refractivity contribution in [1.29, 1.82) is 0 Å². The van der Waals surface area contributed by atoms with Crippen LogP contribution in [-0.2, 0) is 14.3 Å². The summed E-state index contributed by atoms with van der Waals surface area (Å²) in [5, 5.41) is 2.87. The van der Waals surface area contributed by atoms with E-state index < -0.39 is 0 Å². The molecule has 2 atom stereocenters. The molecule has 1 amide bonds. The van der Waals surface area contributed by atoms with Crippen molar-refractivity contribution in [2.24, 2.45) is 11.7 Å². The van der Waals surface area contributed by atoms with Gasteiger partial charge < -0.3 is 20.5 Å². The molecule has 1 aliphatic heterocycles. The molecule has 18 heavy (non-hydrogen) atoms. The fourth-order valence-electron chi connectivity index (χ4n) is 2.60. The molecule has 2 fully saturated rings. The molecule has 1 saturated heterocycles. The van der Waals surface area contributed by atoms with Crippen LogP contribution < -0.4 is 11.1 Å². The lowest BCUT2D eigenvalue weighted by Crippen LogP contribution is -2.42. The second-order valence-electron chi connectivity index (χ2n) is 5.23. The molecule has 0 bridgehead atoms. The highest BCUT2D eigenvalue weighted by Gasteiger charge is 2.30. The average Bonchev–Trinajstić information content (AvgIpc) is 2.82. The van der Waals surface area contributed by atoms with Gasteiger partial charge in [-0.05, 0) is 12.8 Å². The molecule has 2 aliphatic rings. The molecule has 2 rings (SSSR count). The van der Waals surface area contributed by atoms with Gasteiger partial charge >= 0.3 is 0 Å². The number of ether oxygens (including phenoxy) is 2. The van der Waals surface area contributed by atoms with Gasteiger partial charge in [-0.2, -0.15) is 0 Å². The predicted molar refractivity (Wildman–Crippen MR) is 68.1 cm³/mol. The molecule has 0 radical (unpaired) electrons. The van der Waals surface area contributed by atoms with E-state index in [4.69, 9.17) is 15.2 Å². The van der Waals surface area contributed by atoms with E-state index >= 15 is 0 Å². The number of carbonyl (C=O) groups excluding carboxylic acids is 1. The first kappa shape index (κ1) is 13.8.